The summed E-state index contributed by atoms with van der Waals surface area (Å²) in [4.78, 5) is 23.2. The molecule has 0 saturated carbocycles. The Morgan fingerprint density at radius 3 is 3.12 bits per heavy atom. The maximum Gasteiger partial charge on any atom is 0.320 e. The van der Waals surface area contributed by atoms with E-state index in [1.807, 2.05) is 0 Å². The van der Waals surface area contributed by atoms with Crippen molar-refractivity contribution < 1.29 is 13.2 Å². The van der Waals surface area contributed by atoms with Gasteiger partial charge in [-0.1, -0.05) is 0 Å². The number of carbonyl (C=O) groups excluding carboxylic acids is 1. The fourth-order valence-corrected chi connectivity index (χ4v) is 4.15. The maximum atomic E-state index is 11.9. The lowest BCUT2D eigenvalue weighted by Gasteiger charge is -2.22. The number of rotatable bonds is 5. The molecule has 0 aliphatic carbocycles. The Kier molecular flexibility index (Phi) is 4.67. The lowest BCUT2D eigenvalue weighted by atomic mass is 10.1. The number of anilines is 1. The molecule has 1 unspecified atom stereocenters. The molecule has 24 heavy (non-hydrogen) atoms. The third kappa shape index (κ3) is 3.82. The van der Waals surface area contributed by atoms with Crippen LogP contribution in [0.4, 0.5) is 10.6 Å². The lowest BCUT2D eigenvalue weighted by molar-refractivity contribution is 0.251. The number of amides is 2. The first-order chi connectivity index (χ1) is 11.4. The topological polar surface area (TPSA) is 120 Å². The molecule has 2 amide bonds. The largest absolute Gasteiger partial charge is 0.345 e. The van der Waals surface area contributed by atoms with Gasteiger partial charge in [-0.25, -0.2) is 23.2 Å². The summed E-state index contributed by atoms with van der Waals surface area (Å²) >= 11 is 0. The number of sulfonamides is 1. The van der Waals surface area contributed by atoms with Crippen molar-refractivity contribution in [2.24, 2.45) is 0 Å². The first-order valence-electron chi connectivity index (χ1n) is 7.75. The van der Waals surface area contributed by atoms with Crippen LogP contribution in [0.3, 0.4) is 0 Å². The Balaban J connectivity index is 1.49. The van der Waals surface area contributed by atoms with E-state index in [2.05, 4.69) is 25.6 Å². The van der Waals surface area contributed by atoms with Crippen molar-refractivity contribution in [1.82, 2.24) is 24.6 Å². The van der Waals surface area contributed by atoms with Gasteiger partial charge in [-0.3, -0.25) is 5.32 Å². The number of carbonyl (C=O) groups is 1. The van der Waals surface area contributed by atoms with Gasteiger partial charge in [-0.15, -0.1) is 0 Å². The van der Waals surface area contributed by atoms with Gasteiger partial charge in [0.15, 0.2) is 11.5 Å². The fourth-order valence-electron chi connectivity index (χ4n) is 2.94. The summed E-state index contributed by atoms with van der Waals surface area (Å²) in [6.07, 6.45) is 6.69. The number of hydrogen-bond acceptors (Lipinski definition) is 5. The van der Waals surface area contributed by atoms with Gasteiger partial charge in [0.1, 0.15) is 5.52 Å². The summed E-state index contributed by atoms with van der Waals surface area (Å²) in [5.41, 5.74) is 1.32. The number of urea groups is 1. The van der Waals surface area contributed by atoms with Gasteiger partial charge < -0.3 is 10.3 Å². The predicted octanol–water partition coefficient (Wildman–Crippen LogP) is 0.893. The maximum absolute atomic E-state index is 11.9. The molecule has 2 aromatic heterocycles. The Hall–Kier alpha value is -2.20. The number of nitrogens with one attached hydrogen (secondary N) is 3. The van der Waals surface area contributed by atoms with Gasteiger partial charge in [0.05, 0.1) is 12.5 Å². The first-order valence-corrected chi connectivity index (χ1v) is 9.60. The normalized spacial score (nSPS) is 18.8. The molecule has 1 atom stereocenters. The van der Waals surface area contributed by atoms with Crippen molar-refractivity contribution in [3.63, 3.8) is 0 Å². The summed E-state index contributed by atoms with van der Waals surface area (Å²) in [6.45, 7) is 0.949. The van der Waals surface area contributed by atoms with Crippen LogP contribution in [-0.2, 0) is 10.0 Å². The Labute approximate surface area is 139 Å². The molecule has 2 aromatic rings. The molecule has 1 aliphatic heterocycles. The van der Waals surface area contributed by atoms with Crippen molar-refractivity contribution in [2.45, 2.75) is 25.3 Å². The van der Waals surface area contributed by atoms with Gasteiger partial charge in [0.25, 0.3) is 0 Å². The van der Waals surface area contributed by atoms with E-state index >= 15 is 0 Å². The summed E-state index contributed by atoms with van der Waals surface area (Å²) in [5, 5.41) is 5.35. The number of nitrogens with zero attached hydrogens (tertiary/aromatic N) is 3. The van der Waals surface area contributed by atoms with E-state index in [0.29, 0.717) is 36.5 Å². The summed E-state index contributed by atoms with van der Waals surface area (Å²) in [5.74, 6) is 0.359. The monoisotopic (exact) mass is 352 g/mol. The minimum Gasteiger partial charge on any atom is -0.345 e. The van der Waals surface area contributed by atoms with E-state index in [0.717, 1.165) is 12.8 Å². The molecule has 10 heteroatoms. The van der Waals surface area contributed by atoms with E-state index in [4.69, 9.17) is 0 Å². The van der Waals surface area contributed by atoms with Gasteiger partial charge in [-0.05, 0) is 25.3 Å². The van der Waals surface area contributed by atoms with Crippen LogP contribution in [0.5, 0.6) is 0 Å². The molecular weight excluding hydrogens is 332 g/mol. The van der Waals surface area contributed by atoms with Crippen molar-refractivity contribution in [2.75, 3.05) is 24.7 Å². The Bertz CT molecular complexity index is 834. The molecule has 0 aromatic carbocycles. The lowest BCUT2D eigenvalue weighted by Crippen LogP contribution is -2.38. The Morgan fingerprint density at radius 1 is 1.50 bits per heavy atom. The zero-order chi connectivity index (χ0) is 17.2. The van der Waals surface area contributed by atoms with E-state index in [9.17, 15) is 13.2 Å². The quantitative estimate of drug-likeness (QED) is 0.738. The van der Waals surface area contributed by atoms with Crippen LogP contribution in [0.1, 0.15) is 19.3 Å². The molecule has 0 bridgehead atoms. The number of fused-ring (bicyclic) bond motifs is 1. The summed E-state index contributed by atoms with van der Waals surface area (Å²) in [6, 6.07) is 1.34. The second-order valence-corrected chi connectivity index (χ2v) is 7.74. The molecule has 3 N–H and O–H groups in total. The molecule has 1 saturated heterocycles. The van der Waals surface area contributed by atoms with E-state index < -0.39 is 10.0 Å². The zero-order valence-corrected chi connectivity index (χ0v) is 14.1. The van der Waals surface area contributed by atoms with Crippen molar-refractivity contribution >= 4 is 33.0 Å². The second kappa shape index (κ2) is 6.73. The van der Waals surface area contributed by atoms with E-state index in [1.165, 1.54) is 16.8 Å². The zero-order valence-electron chi connectivity index (χ0n) is 13.3. The van der Waals surface area contributed by atoms with Crippen LogP contribution >= 0.6 is 0 Å². The van der Waals surface area contributed by atoms with Gasteiger partial charge in [0, 0.05) is 25.3 Å². The van der Waals surface area contributed by atoms with Crippen molar-refractivity contribution in [3.05, 3.63) is 18.5 Å². The highest BCUT2D eigenvalue weighted by Gasteiger charge is 2.30. The smallest absolute Gasteiger partial charge is 0.320 e. The van der Waals surface area contributed by atoms with Crippen LogP contribution in [0.15, 0.2) is 18.5 Å². The molecule has 1 aliphatic rings. The Morgan fingerprint density at radius 2 is 2.33 bits per heavy atom. The van der Waals surface area contributed by atoms with Gasteiger partial charge in [-0.2, -0.15) is 4.31 Å². The molecule has 0 spiro atoms. The molecular formula is C14H20N6O3S. The highest BCUT2D eigenvalue weighted by molar-refractivity contribution is 7.88. The van der Waals surface area contributed by atoms with Crippen LogP contribution in [-0.4, -0.2) is 59.1 Å². The standard InChI is InChI=1S/C14H20N6O3S/c1-24(22,23)20-8-2-3-10(20)4-6-16-14(21)19-12-9-17-13-11(18-12)5-7-15-13/h5,7,9-10H,2-4,6,8H2,1H3,(H,15,17)(H2,16,18,19,21). The van der Waals surface area contributed by atoms with Crippen LogP contribution in [0.2, 0.25) is 0 Å². The van der Waals surface area contributed by atoms with Crippen LogP contribution in [0.25, 0.3) is 11.2 Å². The minimum atomic E-state index is -3.18. The molecule has 1 fully saturated rings. The highest BCUT2D eigenvalue weighted by Crippen LogP contribution is 2.22. The second-order valence-electron chi connectivity index (χ2n) is 5.81. The van der Waals surface area contributed by atoms with Gasteiger partial charge >= 0.3 is 6.03 Å². The van der Waals surface area contributed by atoms with Crippen LogP contribution < -0.4 is 10.6 Å². The van der Waals surface area contributed by atoms with E-state index in [1.54, 1.807) is 12.3 Å². The number of hydrogen-bond donors (Lipinski definition) is 3. The third-order valence-corrected chi connectivity index (χ3v) is 5.35. The van der Waals surface area contributed by atoms with Crippen molar-refractivity contribution in [1.29, 1.82) is 0 Å². The number of aromatic amines is 1. The fraction of sp³-hybridized carbons (Fsp3) is 0.500. The average molecular weight is 352 g/mol. The summed E-state index contributed by atoms with van der Waals surface area (Å²) < 4.78 is 24.9. The van der Waals surface area contributed by atoms with E-state index in [-0.39, 0.29) is 12.1 Å². The minimum absolute atomic E-state index is 0.0451. The molecule has 0 radical (unpaired) electrons. The van der Waals surface area contributed by atoms with Gasteiger partial charge in [0.2, 0.25) is 10.0 Å². The molecule has 3 heterocycles. The van der Waals surface area contributed by atoms with Crippen molar-refractivity contribution in [3.8, 4) is 0 Å². The average Bonchev–Trinajstić information content (AvgIpc) is 3.14. The predicted molar refractivity (Wildman–Crippen MR) is 90.1 cm³/mol. The number of aromatic nitrogens is 3. The third-order valence-electron chi connectivity index (χ3n) is 4.01. The SMILES string of the molecule is CS(=O)(=O)N1CCCC1CCNC(=O)Nc1cnc2[nH]ccc2n1. The molecule has 130 valence electrons. The van der Waals surface area contributed by atoms with Crippen LogP contribution in [0, 0.1) is 0 Å². The molecule has 9 nitrogen and oxygen atoms in total. The summed E-state index contributed by atoms with van der Waals surface area (Å²) in [7, 11) is -3.18. The highest BCUT2D eigenvalue weighted by atomic mass is 32.2. The number of H-pyrrole nitrogens is 1. The molecule has 3 rings (SSSR count). The first kappa shape index (κ1) is 16.7.